The van der Waals surface area contributed by atoms with E-state index in [9.17, 15) is 24.9 Å². The van der Waals surface area contributed by atoms with Gasteiger partial charge in [-0.15, -0.1) is 0 Å². The van der Waals surface area contributed by atoms with E-state index in [0.29, 0.717) is 58.1 Å². The molecule has 2 aliphatic carbocycles. The number of amides is 2. The number of aliphatic hydroxyl groups excluding tert-OH is 3. The first-order valence-corrected chi connectivity index (χ1v) is 17.4. The molecule has 0 spiro atoms. The zero-order valence-corrected chi connectivity index (χ0v) is 29.3. The SMILES string of the molecule is COc1cccc(CCN(C(=O)COC2CC(C)CCC2C(C)C)C2C=C(C(=O)NCCO)C3c4cc(CO)cc(OC)c4OC3C2O)c1. The van der Waals surface area contributed by atoms with Crippen molar-refractivity contribution in [3.05, 3.63) is 64.7 Å². The first-order valence-electron chi connectivity index (χ1n) is 17.4. The third-order valence-corrected chi connectivity index (χ3v) is 10.3. The fourth-order valence-corrected chi connectivity index (χ4v) is 7.70. The van der Waals surface area contributed by atoms with Crippen LogP contribution in [0.1, 0.15) is 62.6 Å². The second-order valence-corrected chi connectivity index (χ2v) is 13.9. The molecule has 1 fully saturated rings. The summed E-state index contributed by atoms with van der Waals surface area (Å²) < 4.78 is 23.8. The van der Waals surface area contributed by atoms with Crippen LogP contribution < -0.4 is 19.5 Å². The molecule has 1 heterocycles. The van der Waals surface area contributed by atoms with Crippen molar-refractivity contribution in [2.24, 2.45) is 17.8 Å². The highest BCUT2D eigenvalue weighted by atomic mass is 16.5. The van der Waals surface area contributed by atoms with Gasteiger partial charge in [0.15, 0.2) is 11.5 Å². The van der Waals surface area contributed by atoms with Crippen LogP contribution in [0.3, 0.4) is 0 Å². The number of nitrogens with zero attached hydrogens (tertiary/aromatic N) is 1. The van der Waals surface area contributed by atoms with Gasteiger partial charge in [0.2, 0.25) is 11.8 Å². The predicted molar refractivity (Wildman–Crippen MR) is 184 cm³/mol. The topological polar surface area (TPSA) is 147 Å². The molecule has 2 aromatic rings. The van der Waals surface area contributed by atoms with Gasteiger partial charge in [0.1, 0.15) is 24.6 Å². The van der Waals surface area contributed by atoms with Crippen molar-refractivity contribution in [1.29, 1.82) is 0 Å². The summed E-state index contributed by atoms with van der Waals surface area (Å²) in [6.45, 7) is 6.19. The van der Waals surface area contributed by atoms with Crippen LogP contribution in [0.5, 0.6) is 17.2 Å². The molecule has 7 unspecified atom stereocenters. The number of fused-ring (bicyclic) bond motifs is 3. The zero-order chi connectivity index (χ0) is 35.2. The number of carbonyl (C=O) groups is 2. The average Bonchev–Trinajstić information content (AvgIpc) is 3.50. The summed E-state index contributed by atoms with van der Waals surface area (Å²) in [5.41, 5.74) is 2.40. The van der Waals surface area contributed by atoms with Gasteiger partial charge in [-0.2, -0.15) is 0 Å². The van der Waals surface area contributed by atoms with Gasteiger partial charge < -0.3 is 44.5 Å². The summed E-state index contributed by atoms with van der Waals surface area (Å²) in [6.07, 6.45) is 2.98. The minimum Gasteiger partial charge on any atom is -0.497 e. The van der Waals surface area contributed by atoms with E-state index in [4.69, 9.17) is 18.9 Å². The van der Waals surface area contributed by atoms with Crippen molar-refractivity contribution < 1.29 is 43.9 Å². The molecular formula is C38H52N2O9. The van der Waals surface area contributed by atoms with Gasteiger partial charge in [-0.1, -0.05) is 39.3 Å². The fraction of sp³-hybridized carbons (Fsp3) is 0.579. The molecule has 0 bridgehead atoms. The molecule has 3 aliphatic rings. The second kappa shape index (κ2) is 16.4. The Balaban J connectivity index is 1.51. The Morgan fingerprint density at radius 1 is 1.08 bits per heavy atom. The lowest BCUT2D eigenvalue weighted by molar-refractivity contribution is -0.147. The van der Waals surface area contributed by atoms with Gasteiger partial charge in [-0.25, -0.2) is 0 Å². The van der Waals surface area contributed by atoms with Crippen LogP contribution in [-0.2, 0) is 27.4 Å². The maximum absolute atomic E-state index is 14.3. The molecule has 0 saturated heterocycles. The Morgan fingerprint density at radius 3 is 2.57 bits per heavy atom. The van der Waals surface area contributed by atoms with Crippen molar-refractivity contribution in [2.45, 2.75) is 83.3 Å². The number of methoxy groups -OCH3 is 2. The normalized spacial score (nSPS) is 25.9. The number of hydrogen-bond acceptors (Lipinski definition) is 9. The third kappa shape index (κ3) is 8.06. The molecule has 268 valence electrons. The Bertz CT molecular complexity index is 1490. The molecule has 1 aliphatic heterocycles. The molecule has 2 aromatic carbocycles. The number of ether oxygens (including phenoxy) is 4. The van der Waals surface area contributed by atoms with Gasteiger partial charge in [-0.05, 0) is 78.5 Å². The Labute approximate surface area is 289 Å². The molecular weight excluding hydrogens is 628 g/mol. The Hall–Kier alpha value is -3.64. The predicted octanol–water partition coefficient (Wildman–Crippen LogP) is 3.37. The summed E-state index contributed by atoms with van der Waals surface area (Å²) in [7, 11) is 3.09. The molecule has 7 atom stereocenters. The van der Waals surface area contributed by atoms with Crippen LogP contribution in [0, 0.1) is 17.8 Å². The van der Waals surface area contributed by atoms with Gasteiger partial charge in [-0.3, -0.25) is 9.59 Å². The first-order chi connectivity index (χ1) is 23.6. The highest BCUT2D eigenvalue weighted by molar-refractivity contribution is 5.96. The highest BCUT2D eigenvalue weighted by Crippen LogP contribution is 2.51. The minimum absolute atomic E-state index is 0.0254. The van der Waals surface area contributed by atoms with Crippen LogP contribution in [0.4, 0.5) is 0 Å². The van der Waals surface area contributed by atoms with Crippen LogP contribution in [0.2, 0.25) is 0 Å². The van der Waals surface area contributed by atoms with Crippen LogP contribution >= 0.6 is 0 Å². The summed E-state index contributed by atoms with van der Waals surface area (Å²) in [5.74, 6) is 1.26. The van der Waals surface area contributed by atoms with Crippen molar-refractivity contribution in [2.75, 3.05) is 40.5 Å². The van der Waals surface area contributed by atoms with E-state index in [2.05, 4.69) is 26.1 Å². The van der Waals surface area contributed by atoms with Gasteiger partial charge in [0, 0.05) is 24.2 Å². The lowest BCUT2D eigenvalue weighted by Gasteiger charge is -2.41. The number of hydrogen-bond donors (Lipinski definition) is 4. The summed E-state index contributed by atoms with van der Waals surface area (Å²) in [5, 5.41) is 34.3. The number of rotatable bonds is 14. The molecule has 4 N–H and O–H groups in total. The Morgan fingerprint density at radius 2 is 1.88 bits per heavy atom. The summed E-state index contributed by atoms with van der Waals surface area (Å²) in [6, 6.07) is 10.1. The summed E-state index contributed by atoms with van der Waals surface area (Å²) >= 11 is 0. The van der Waals surface area contributed by atoms with Gasteiger partial charge in [0.05, 0.1) is 45.5 Å². The summed E-state index contributed by atoms with van der Waals surface area (Å²) in [4.78, 5) is 29.6. The van der Waals surface area contributed by atoms with Crippen molar-refractivity contribution in [3.63, 3.8) is 0 Å². The second-order valence-electron chi connectivity index (χ2n) is 13.9. The smallest absolute Gasteiger partial charge is 0.249 e. The van der Waals surface area contributed by atoms with E-state index >= 15 is 0 Å². The van der Waals surface area contributed by atoms with Crippen LogP contribution in [-0.4, -0.2) is 96.9 Å². The minimum atomic E-state index is -1.22. The quantitative estimate of drug-likeness (QED) is 0.236. The van der Waals surface area contributed by atoms with Crippen LogP contribution in [0.15, 0.2) is 48.0 Å². The van der Waals surface area contributed by atoms with Crippen molar-refractivity contribution in [3.8, 4) is 17.2 Å². The average molecular weight is 681 g/mol. The van der Waals surface area contributed by atoms with Crippen molar-refractivity contribution in [1.82, 2.24) is 10.2 Å². The molecule has 0 radical (unpaired) electrons. The first kappa shape index (κ1) is 36.6. The van der Waals surface area contributed by atoms with Gasteiger partial charge in [0.25, 0.3) is 0 Å². The lowest BCUT2D eigenvalue weighted by atomic mass is 9.75. The highest BCUT2D eigenvalue weighted by Gasteiger charge is 2.51. The Kier molecular flexibility index (Phi) is 12.2. The van der Waals surface area contributed by atoms with E-state index in [1.165, 1.54) is 7.11 Å². The van der Waals surface area contributed by atoms with E-state index in [1.807, 2.05) is 24.3 Å². The van der Waals surface area contributed by atoms with Gasteiger partial charge >= 0.3 is 0 Å². The molecule has 11 heteroatoms. The maximum Gasteiger partial charge on any atom is 0.249 e. The number of benzene rings is 2. The molecule has 11 nitrogen and oxygen atoms in total. The monoisotopic (exact) mass is 680 g/mol. The van der Waals surface area contributed by atoms with E-state index in [1.54, 1.807) is 30.2 Å². The van der Waals surface area contributed by atoms with Crippen LogP contribution in [0.25, 0.3) is 0 Å². The largest absolute Gasteiger partial charge is 0.497 e. The molecule has 49 heavy (non-hydrogen) atoms. The fourth-order valence-electron chi connectivity index (χ4n) is 7.70. The lowest BCUT2D eigenvalue weighted by Crippen LogP contribution is -2.57. The third-order valence-electron chi connectivity index (χ3n) is 10.3. The number of aliphatic hydroxyl groups is 3. The standard InChI is InChI=1S/C38H52N2O9/c1-22(2)27-10-9-23(3)15-31(27)48-21-33(43)40(13-11-24-7-6-8-26(16-24)46-4)30-19-29(38(45)39-12-14-41)34-28-17-25(20-42)18-32(47-5)36(28)49-37(34)35(30)44/h6-8,16-19,22-23,27,30-31,34-35,37,41-42,44H,9-15,20-21H2,1-5H3,(H,39,45). The van der Waals surface area contributed by atoms with E-state index in [0.717, 1.165) is 24.8 Å². The van der Waals surface area contributed by atoms with E-state index < -0.39 is 30.1 Å². The number of carbonyl (C=O) groups excluding carboxylic acids is 2. The number of nitrogens with one attached hydrogen (secondary N) is 1. The zero-order valence-electron chi connectivity index (χ0n) is 29.3. The maximum atomic E-state index is 14.3. The molecule has 2 amide bonds. The van der Waals surface area contributed by atoms with E-state index in [-0.39, 0.29) is 44.9 Å². The molecule has 1 saturated carbocycles. The molecule has 5 rings (SSSR count). The molecule has 0 aromatic heterocycles. The van der Waals surface area contributed by atoms with Crippen molar-refractivity contribution >= 4 is 11.8 Å².